The van der Waals surface area contributed by atoms with E-state index in [1.165, 1.54) is 44.9 Å². The van der Waals surface area contributed by atoms with E-state index in [2.05, 4.69) is 27.7 Å². The Morgan fingerprint density at radius 1 is 0.864 bits per heavy atom. The van der Waals surface area contributed by atoms with Crippen molar-refractivity contribution in [2.24, 2.45) is 46.3 Å². The summed E-state index contributed by atoms with van der Waals surface area (Å²) in [5, 5.41) is 11.1. The average molecular weight is 305 g/mol. The summed E-state index contributed by atoms with van der Waals surface area (Å²) in [4.78, 5) is 0. The number of fused-ring (bicyclic) bond motifs is 5. The van der Waals surface area contributed by atoms with Crippen molar-refractivity contribution in [1.82, 2.24) is 0 Å². The van der Waals surface area contributed by atoms with Gasteiger partial charge in [-0.2, -0.15) is 0 Å². The number of aliphatic hydroxyl groups excluding tert-OH is 1. The van der Waals surface area contributed by atoms with Gasteiger partial charge in [0.05, 0.1) is 6.10 Å². The Hall–Kier alpha value is -0.0400. The second kappa shape index (κ2) is 4.98. The Balaban J connectivity index is 1.66. The summed E-state index contributed by atoms with van der Waals surface area (Å²) in [6.07, 6.45) is 11.0. The van der Waals surface area contributed by atoms with Crippen molar-refractivity contribution >= 4 is 0 Å². The molecule has 0 aromatic rings. The summed E-state index contributed by atoms with van der Waals surface area (Å²) in [6.45, 7) is 9.89. The topological polar surface area (TPSA) is 20.2 Å². The van der Waals surface area contributed by atoms with Gasteiger partial charge in [-0.25, -0.2) is 0 Å². The molecule has 9 unspecified atom stereocenters. The molecule has 0 heterocycles. The Kier molecular flexibility index (Phi) is 3.50. The van der Waals surface area contributed by atoms with Crippen molar-refractivity contribution in [3.8, 4) is 0 Å². The number of aliphatic hydroxyl groups is 1. The van der Waals surface area contributed by atoms with Gasteiger partial charge in [-0.1, -0.05) is 34.1 Å². The van der Waals surface area contributed by atoms with Crippen molar-refractivity contribution < 1.29 is 5.11 Å². The van der Waals surface area contributed by atoms with Gasteiger partial charge in [0, 0.05) is 0 Å². The molecule has 4 aliphatic rings. The Morgan fingerprint density at radius 3 is 2.41 bits per heavy atom. The predicted molar refractivity (Wildman–Crippen MR) is 91.4 cm³/mol. The van der Waals surface area contributed by atoms with Crippen LogP contribution in [0.4, 0.5) is 0 Å². The molecule has 4 fully saturated rings. The van der Waals surface area contributed by atoms with Crippen LogP contribution in [0.2, 0.25) is 0 Å². The lowest BCUT2D eigenvalue weighted by atomic mass is 9.44. The molecule has 22 heavy (non-hydrogen) atoms. The van der Waals surface area contributed by atoms with Crippen molar-refractivity contribution in [1.29, 1.82) is 0 Å². The minimum Gasteiger partial charge on any atom is -0.393 e. The monoisotopic (exact) mass is 304 g/mol. The molecular formula is C21H36O. The number of rotatable bonds is 0. The van der Waals surface area contributed by atoms with E-state index >= 15 is 0 Å². The molecule has 4 rings (SSSR count). The van der Waals surface area contributed by atoms with Crippen LogP contribution in [0.15, 0.2) is 0 Å². The van der Waals surface area contributed by atoms with E-state index in [1.807, 2.05) is 0 Å². The van der Waals surface area contributed by atoms with Crippen LogP contribution >= 0.6 is 0 Å². The Bertz CT molecular complexity index is 445. The van der Waals surface area contributed by atoms with Crippen LogP contribution in [-0.2, 0) is 0 Å². The smallest absolute Gasteiger partial charge is 0.0602 e. The molecule has 0 aliphatic heterocycles. The summed E-state index contributed by atoms with van der Waals surface area (Å²) >= 11 is 0. The molecule has 0 radical (unpaired) electrons. The van der Waals surface area contributed by atoms with Crippen LogP contribution in [0.1, 0.15) is 79.1 Å². The summed E-state index contributed by atoms with van der Waals surface area (Å²) < 4.78 is 0. The standard InChI is InChI=1S/C21H36O/c1-13-9-10-20(3)15(11-13)6-7-16-17-8-5-14(2)21(17,4)19(22)12-18(16)20/h13-19,22H,5-12H2,1-4H3. The molecule has 0 saturated heterocycles. The molecule has 1 heteroatoms. The molecule has 0 spiro atoms. The zero-order chi connectivity index (χ0) is 15.7. The summed E-state index contributed by atoms with van der Waals surface area (Å²) in [5.41, 5.74) is 0.746. The highest BCUT2D eigenvalue weighted by molar-refractivity contribution is 5.11. The van der Waals surface area contributed by atoms with Gasteiger partial charge >= 0.3 is 0 Å². The second-order valence-corrected chi connectivity index (χ2v) is 10.1. The molecule has 0 bridgehead atoms. The van der Waals surface area contributed by atoms with Crippen LogP contribution in [0, 0.1) is 46.3 Å². The lowest BCUT2D eigenvalue weighted by molar-refractivity contribution is -0.165. The normalized spacial score (nSPS) is 61.2. The van der Waals surface area contributed by atoms with E-state index in [4.69, 9.17) is 0 Å². The van der Waals surface area contributed by atoms with Crippen molar-refractivity contribution in [3.05, 3.63) is 0 Å². The highest BCUT2D eigenvalue weighted by Crippen LogP contribution is 2.67. The molecule has 1 N–H and O–H groups in total. The summed E-state index contributed by atoms with van der Waals surface area (Å²) in [5.74, 6) is 5.09. The Labute approximate surface area is 137 Å². The van der Waals surface area contributed by atoms with E-state index in [0.717, 1.165) is 36.0 Å². The Morgan fingerprint density at radius 2 is 1.64 bits per heavy atom. The first-order chi connectivity index (χ1) is 10.4. The molecule has 4 aliphatic carbocycles. The third-order valence-electron chi connectivity index (χ3n) is 9.49. The molecular weight excluding hydrogens is 268 g/mol. The third-order valence-corrected chi connectivity index (χ3v) is 9.49. The fraction of sp³-hybridized carbons (Fsp3) is 1.00. The van der Waals surface area contributed by atoms with E-state index in [1.54, 1.807) is 0 Å². The van der Waals surface area contributed by atoms with Crippen LogP contribution in [0.3, 0.4) is 0 Å². The fourth-order valence-corrected chi connectivity index (χ4v) is 7.74. The molecule has 126 valence electrons. The molecule has 0 aromatic carbocycles. The van der Waals surface area contributed by atoms with E-state index in [-0.39, 0.29) is 11.5 Å². The molecule has 0 amide bonds. The van der Waals surface area contributed by atoms with E-state index in [9.17, 15) is 5.11 Å². The van der Waals surface area contributed by atoms with Gasteiger partial charge in [-0.05, 0) is 91.3 Å². The van der Waals surface area contributed by atoms with Crippen molar-refractivity contribution in [3.63, 3.8) is 0 Å². The first kappa shape index (κ1) is 15.5. The number of hydrogen-bond donors (Lipinski definition) is 1. The highest BCUT2D eigenvalue weighted by Gasteiger charge is 2.62. The van der Waals surface area contributed by atoms with Gasteiger partial charge in [0.2, 0.25) is 0 Å². The maximum Gasteiger partial charge on any atom is 0.0602 e. The van der Waals surface area contributed by atoms with Crippen LogP contribution < -0.4 is 0 Å². The maximum absolute atomic E-state index is 11.1. The fourth-order valence-electron chi connectivity index (χ4n) is 7.74. The van der Waals surface area contributed by atoms with Crippen molar-refractivity contribution in [2.75, 3.05) is 0 Å². The minimum absolute atomic E-state index is 0.0498. The van der Waals surface area contributed by atoms with Gasteiger partial charge in [0.15, 0.2) is 0 Å². The summed E-state index contributed by atoms with van der Waals surface area (Å²) in [6, 6.07) is 0. The largest absolute Gasteiger partial charge is 0.393 e. The summed E-state index contributed by atoms with van der Waals surface area (Å²) in [7, 11) is 0. The molecule has 4 saturated carbocycles. The third kappa shape index (κ3) is 1.87. The van der Waals surface area contributed by atoms with Gasteiger partial charge < -0.3 is 5.11 Å². The lowest BCUT2D eigenvalue weighted by Gasteiger charge is -2.62. The average Bonchev–Trinajstić information content (AvgIpc) is 2.79. The quantitative estimate of drug-likeness (QED) is 0.646. The van der Waals surface area contributed by atoms with E-state index < -0.39 is 0 Å². The van der Waals surface area contributed by atoms with Crippen LogP contribution in [-0.4, -0.2) is 11.2 Å². The lowest BCUT2D eigenvalue weighted by Crippen LogP contribution is -2.57. The maximum atomic E-state index is 11.1. The highest BCUT2D eigenvalue weighted by atomic mass is 16.3. The predicted octanol–water partition coefficient (Wildman–Crippen LogP) is 5.27. The van der Waals surface area contributed by atoms with E-state index in [0.29, 0.717) is 11.3 Å². The molecule has 9 atom stereocenters. The first-order valence-electron chi connectivity index (χ1n) is 10.1. The van der Waals surface area contributed by atoms with Gasteiger partial charge in [-0.15, -0.1) is 0 Å². The zero-order valence-corrected chi connectivity index (χ0v) is 15.1. The van der Waals surface area contributed by atoms with Gasteiger partial charge in [0.1, 0.15) is 0 Å². The van der Waals surface area contributed by atoms with Gasteiger partial charge in [-0.3, -0.25) is 0 Å². The number of hydrogen-bond acceptors (Lipinski definition) is 1. The second-order valence-electron chi connectivity index (χ2n) is 10.1. The first-order valence-corrected chi connectivity index (χ1v) is 10.1. The van der Waals surface area contributed by atoms with Crippen molar-refractivity contribution in [2.45, 2.75) is 85.2 Å². The molecule has 0 aromatic heterocycles. The zero-order valence-electron chi connectivity index (χ0n) is 15.1. The SMILES string of the molecule is CC1CCC2(C)C(CCC3C2CC(O)C2(C)C(C)CCC32)C1. The van der Waals surface area contributed by atoms with Gasteiger partial charge in [0.25, 0.3) is 0 Å². The molecule has 1 nitrogen and oxygen atoms in total. The van der Waals surface area contributed by atoms with Crippen LogP contribution in [0.25, 0.3) is 0 Å². The minimum atomic E-state index is -0.0498. The van der Waals surface area contributed by atoms with Crippen LogP contribution in [0.5, 0.6) is 0 Å².